The summed E-state index contributed by atoms with van der Waals surface area (Å²) in [6.07, 6.45) is -1.94. The van der Waals surface area contributed by atoms with Crippen LogP contribution in [0.5, 0.6) is 5.75 Å². The van der Waals surface area contributed by atoms with Gasteiger partial charge in [-0.2, -0.15) is 13.2 Å². The van der Waals surface area contributed by atoms with Crippen LogP contribution in [-0.2, 0) is 21.0 Å². The van der Waals surface area contributed by atoms with Gasteiger partial charge >= 0.3 is 12.3 Å². The zero-order chi connectivity index (χ0) is 25.4. The Balaban J connectivity index is 1.34. The molecule has 1 N–H and O–H groups in total. The van der Waals surface area contributed by atoms with E-state index in [2.05, 4.69) is 15.0 Å². The van der Waals surface area contributed by atoms with Crippen molar-refractivity contribution in [2.24, 2.45) is 5.92 Å². The van der Waals surface area contributed by atoms with Crippen LogP contribution >= 0.6 is 0 Å². The van der Waals surface area contributed by atoms with Crippen molar-refractivity contribution >= 4 is 21.5 Å². The van der Waals surface area contributed by atoms with Gasteiger partial charge in [0.2, 0.25) is 0 Å². The van der Waals surface area contributed by atoms with Gasteiger partial charge in [-0.1, -0.05) is 13.0 Å². The van der Waals surface area contributed by atoms with Gasteiger partial charge in [-0.05, 0) is 37.3 Å². The maximum Gasteiger partial charge on any atom is 0.425 e. The number of sulfone groups is 1. The molecule has 3 aliphatic rings. The molecule has 0 aromatic carbocycles. The third-order valence-electron chi connectivity index (χ3n) is 6.97. The topological polar surface area (TPSA) is 97.8 Å². The Morgan fingerprint density at radius 2 is 2.03 bits per heavy atom. The lowest BCUT2D eigenvalue weighted by Crippen LogP contribution is -2.44. The number of piperidine rings is 1. The summed E-state index contributed by atoms with van der Waals surface area (Å²) in [5.41, 5.74) is 2.62. The molecule has 1 fully saturated rings. The molecule has 4 rings (SSSR count). The first-order valence-corrected chi connectivity index (χ1v) is 13.5. The number of pyridine rings is 1. The molecular formula is C23H30F3N3O5S. The molecule has 3 atom stereocenters. The van der Waals surface area contributed by atoms with E-state index in [1.165, 1.54) is 4.90 Å². The number of hydrogen-bond donors (Lipinski definition) is 1. The van der Waals surface area contributed by atoms with E-state index in [0.717, 1.165) is 23.8 Å². The Kier molecular flexibility index (Phi) is 7.33. The van der Waals surface area contributed by atoms with E-state index in [1.54, 1.807) is 13.1 Å². The molecule has 1 aromatic heterocycles. The fourth-order valence-electron chi connectivity index (χ4n) is 4.69. The Hall–Kier alpha value is -2.34. The van der Waals surface area contributed by atoms with E-state index in [-0.39, 0.29) is 17.8 Å². The first-order valence-electron chi connectivity index (χ1n) is 11.8. The van der Waals surface area contributed by atoms with Crippen LogP contribution in [0.3, 0.4) is 0 Å². The molecule has 12 heteroatoms. The van der Waals surface area contributed by atoms with Crippen molar-refractivity contribution < 1.29 is 35.9 Å². The minimum Gasteiger partial charge on any atom is -0.488 e. The second-order valence-electron chi connectivity index (χ2n) is 9.21. The third kappa shape index (κ3) is 5.74. The number of nitrogens with one attached hydrogen (secondary N) is 1. The summed E-state index contributed by atoms with van der Waals surface area (Å²) in [5, 5.41) is 2.41. The third-order valence-corrected chi connectivity index (χ3v) is 8.98. The van der Waals surface area contributed by atoms with Gasteiger partial charge in [0.15, 0.2) is 15.9 Å². The van der Waals surface area contributed by atoms with Crippen LogP contribution in [0.15, 0.2) is 18.3 Å². The number of carbonyl (C=O) groups excluding carboxylic acids is 1. The molecule has 1 amide bonds. The SMILES string of the molecule is CCS(=O)(=O)[C@@H]1CC(c2cc3c(cn2)O[C@@H](C2CCN(C(=O)OC(C)C(F)(F)F)CC2)C3)=CCN1. The van der Waals surface area contributed by atoms with Gasteiger partial charge < -0.3 is 14.4 Å². The summed E-state index contributed by atoms with van der Waals surface area (Å²) in [6.45, 7) is 3.53. The average Bonchev–Trinajstić information content (AvgIpc) is 3.27. The number of carbonyl (C=O) groups is 1. The lowest BCUT2D eigenvalue weighted by atomic mass is 9.89. The van der Waals surface area contributed by atoms with Crippen LogP contribution in [0.25, 0.3) is 5.57 Å². The zero-order valence-corrected chi connectivity index (χ0v) is 20.5. The molecule has 1 unspecified atom stereocenters. The Morgan fingerprint density at radius 3 is 2.69 bits per heavy atom. The number of likely N-dealkylation sites (tertiary alicyclic amines) is 1. The van der Waals surface area contributed by atoms with Crippen molar-refractivity contribution in [3.05, 3.63) is 29.6 Å². The number of alkyl halides is 3. The van der Waals surface area contributed by atoms with Gasteiger partial charge in [0.25, 0.3) is 0 Å². The molecule has 0 saturated carbocycles. The monoisotopic (exact) mass is 517 g/mol. The first-order chi connectivity index (χ1) is 16.5. The van der Waals surface area contributed by atoms with E-state index < -0.39 is 33.6 Å². The standard InChI is InChI=1S/C23H30F3N3O5S/c1-3-35(31,32)21-12-16(4-7-27-21)18-10-17-11-19(34-20(17)13-28-18)15-5-8-29(9-6-15)22(30)33-14(2)23(24,25)26/h4,10,13-15,19,21,27H,3,5-9,11-12H2,1-2H3/t14?,19-,21-/m1/s1. The van der Waals surface area contributed by atoms with Crippen molar-refractivity contribution in [1.29, 1.82) is 0 Å². The molecule has 35 heavy (non-hydrogen) atoms. The number of hydrogen-bond acceptors (Lipinski definition) is 7. The Morgan fingerprint density at radius 1 is 1.31 bits per heavy atom. The van der Waals surface area contributed by atoms with Crippen LogP contribution in [0, 0.1) is 5.92 Å². The highest BCUT2D eigenvalue weighted by Crippen LogP contribution is 2.37. The Bertz CT molecular complexity index is 1080. The van der Waals surface area contributed by atoms with Crippen LogP contribution in [0.4, 0.5) is 18.0 Å². The molecule has 0 spiro atoms. The molecule has 194 valence electrons. The molecule has 0 bridgehead atoms. The van der Waals surface area contributed by atoms with Gasteiger partial charge in [0, 0.05) is 43.8 Å². The summed E-state index contributed by atoms with van der Waals surface area (Å²) >= 11 is 0. The number of ether oxygens (including phenoxy) is 2. The summed E-state index contributed by atoms with van der Waals surface area (Å²) in [7, 11) is -3.22. The highest BCUT2D eigenvalue weighted by Gasteiger charge is 2.41. The van der Waals surface area contributed by atoms with Gasteiger partial charge in [-0.15, -0.1) is 0 Å². The summed E-state index contributed by atoms with van der Waals surface area (Å²) < 4.78 is 73.2. The van der Waals surface area contributed by atoms with Crippen LogP contribution < -0.4 is 10.1 Å². The summed E-state index contributed by atoms with van der Waals surface area (Å²) in [4.78, 5) is 17.9. The van der Waals surface area contributed by atoms with E-state index in [0.29, 0.717) is 51.1 Å². The van der Waals surface area contributed by atoms with Crippen molar-refractivity contribution in [1.82, 2.24) is 15.2 Å². The van der Waals surface area contributed by atoms with Gasteiger partial charge in [-0.3, -0.25) is 10.3 Å². The first kappa shape index (κ1) is 25.7. The molecule has 1 saturated heterocycles. The quantitative estimate of drug-likeness (QED) is 0.640. The number of rotatable bonds is 5. The number of fused-ring (bicyclic) bond motifs is 1. The van der Waals surface area contributed by atoms with Crippen LogP contribution in [0.1, 0.15) is 44.4 Å². The smallest absolute Gasteiger partial charge is 0.425 e. The second kappa shape index (κ2) is 9.96. The lowest BCUT2D eigenvalue weighted by Gasteiger charge is -2.34. The maximum absolute atomic E-state index is 12.7. The average molecular weight is 518 g/mol. The molecule has 0 radical (unpaired) electrons. The number of halogens is 3. The van der Waals surface area contributed by atoms with Crippen molar-refractivity contribution in [3.63, 3.8) is 0 Å². The highest BCUT2D eigenvalue weighted by molar-refractivity contribution is 7.91. The minimum absolute atomic E-state index is 0.0724. The lowest BCUT2D eigenvalue weighted by molar-refractivity contribution is -0.200. The summed E-state index contributed by atoms with van der Waals surface area (Å²) in [6, 6.07) is 1.95. The molecule has 0 aliphatic carbocycles. The normalized spacial score (nSPS) is 24.4. The number of amides is 1. The molecule has 1 aromatic rings. The second-order valence-corrected chi connectivity index (χ2v) is 11.7. The molecule has 8 nitrogen and oxygen atoms in total. The summed E-state index contributed by atoms with van der Waals surface area (Å²) in [5.74, 6) is 0.905. The predicted octanol–water partition coefficient (Wildman–Crippen LogP) is 3.32. The van der Waals surface area contributed by atoms with Crippen LogP contribution in [0.2, 0.25) is 0 Å². The largest absolute Gasteiger partial charge is 0.488 e. The van der Waals surface area contributed by atoms with E-state index in [1.807, 2.05) is 12.1 Å². The van der Waals surface area contributed by atoms with Crippen molar-refractivity contribution in [2.45, 2.75) is 63.3 Å². The molecular weight excluding hydrogens is 487 g/mol. The highest BCUT2D eigenvalue weighted by atomic mass is 32.2. The van der Waals surface area contributed by atoms with Gasteiger partial charge in [-0.25, -0.2) is 13.2 Å². The van der Waals surface area contributed by atoms with Gasteiger partial charge in [0.05, 0.1) is 11.9 Å². The van der Waals surface area contributed by atoms with E-state index in [4.69, 9.17) is 4.74 Å². The number of aromatic nitrogens is 1. The minimum atomic E-state index is -4.58. The predicted molar refractivity (Wildman–Crippen MR) is 122 cm³/mol. The van der Waals surface area contributed by atoms with Crippen molar-refractivity contribution in [3.8, 4) is 5.75 Å². The fourth-order valence-corrected chi connectivity index (χ4v) is 5.88. The zero-order valence-electron chi connectivity index (χ0n) is 19.7. The van der Waals surface area contributed by atoms with E-state index in [9.17, 15) is 26.4 Å². The molecule has 3 aliphatic heterocycles. The Labute approximate surface area is 202 Å². The fraction of sp³-hybridized carbons (Fsp3) is 0.652. The van der Waals surface area contributed by atoms with Gasteiger partial charge in [0.1, 0.15) is 17.2 Å². The van der Waals surface area contributed by atoms with Crippen LogP contribution in [-0.4, -0.2) is 73.5 Å². The van der Waals surface area contributed by atoms with E-state index >= 15 is 0 Å². The maximum atomic E-state index is 12.7. The van der Waals surface area contributed by atoms with Crippen molar-refractivity contribution in [2.75, 3.05) is 25.4 Å². The molecule has 4 heterocycles. The number of nitrogens with zero attached hydrogens (tertiary/aromatic N) is 2.